The fraction of sp³-hybridized carbons (Fsp3) is 0.125. The lowest BCUT2D eigenvalue weighted by Gasteiger charge is -2.12. The Kier molecular flexibility index (Phi) is 3.30. The standard InChI is InChI=1S/C16H13BrN2/c1-11(12-5-4-6-13(17)9-12)16-10-18-14-7-2-3-8-15(14)19-16/h2-11H,1H3. The average molecular weight is 313 g/mol. The minimum atomic E-state index is 0.231. The van der Waals surface area contributed by atoms with Crippen molar-refractivity contribution in [2.75, 3.05) is 0 Å². The predicted octanol–water partition coefficient (Wildman–Crippen LogP) is 4.54. The van der Waals surface area contributed by atoms with E-state index in [9.17, 15) is 0 Å². The molecule has 0 spiro atoms. The summed E-state index contributed by atoms with van der Waals surface area (Å²) in [7, 11) is 0. The van der Waals surface area contributed by atoms with Crippen LogP contribution in [0, 0.1) is 0 Å². The molecule has 0 radical (unpaired) electrons. The molecule has 0 aliphatic carbocycles. The molecule has 0 bridgehead atoms. The van der Waals surface area contributed by atoms with Crippen LogP contribution in [0.15, 0.2) is 59.2 Å². The monoisotopic (exact) mass is 312 g/mol. The molecule has 0 aliphatic rings. The van der Waals surface area contributed by atoms with Gasteiger partial charge in [0.15, 0.2) is 0 Å². The number of halogens is 1. The van der Waals surface area contributed by atoms with Crippen LogP contribution < -0.4 is 0 Å². The molecule has 94 valence electrons. The lowest BCUT2D eigenvalue weighted by Crippen LogP contribution is -2.00. The van der Waals surface area contributed by atoms with Gasteiger partial charge in [-0.2, -0.15) is 0 Å². The number of hydrogen-bond acceptors (Lipinski definition) is 2. The number of para-hydroxylation sites is 2. The molecule has 19 heavy (non-hydrogen) atoms. The summed E-state index contributed by atoms with van der Waals surface area (Å²) in [6.07, 6.45) is 1.87. The Bertz CT molecular complexity index is 725. The first-order valence-corrected chi connectivity index (χ1v) is 7.00. The van der Waals surface area contributed by atoms with Gasteiger partial charge in [-0.15, -0.1) is 0 Å². The van der Waals surface area contributed by atoms with Crippen LogP contribution in [0.3, 0.4) is 0 Å². The van der Waals surface area contributed by atoms with E-state index in [-0.39, 0.29) is 5.92 Å². The van der Waals surface area contributed by atoms with Crippen LogP contribution in [0.2, 0.25) is 0 Å². The van der Waals surface area contributed by atoms with Crippen LogP contribution in [-0.4, -0.2) is 9.97 Å². The molecule has 1 heterocycles. The molecular weight excluding hydrogens is 300 g/mol. The summed E-state index contributed by atoms with van der Waals surface area (Å²) in [6.45, 7) is 2.15. The predicted molar refractivity (Wildman–Crippen MR) is 81.2 cm³/mol. The molecule has 0 aliphatic heterocycles. The Labute approximate surface area is 120 Å². The number of hydrogen-bond donors (Lipinski definition) is 0. The van der Waals surface area contributed by atoms with Crippen molar-refractivity contribution in [3.8, 4) is 0 Å². The van der Waals surface area contributed by atoms with E-state index in [4.69, 9.17) is 4.98 Å². The summed E-state index contributed by atoms with van der Waals surface area (Å²) in [5, 5.41) is 0. The zero-order valence-corrected chi connectivity index (χ0v) is 12.1. The molecule has 0 fully saturated rings. The van der Waals surface area contributed by atoms with Crippen LogP contribution >= 0.6 is 15.9 Å². The van der Waals surface area contributed by atoms with Crippen molar-refractivity contribution in [3.63, 3.8) is 0 Å². The number of nitrogens with zero attached hydrogens (tertiary/aromatic N) is 2. The van der Waals surface area contributed by atoms with Gasteiger partial charge in [-0.3, -0.25) is 4.98 Å². The van der Waals surface area contributed by atoms with E-state index in [1.807, 2.05) is 42.6 Å². The van der Waals surface area contributed by atoms with E-state index in [1.165, 1.54) is 5.56 Å². The van der Waals surface area contributed by atoms with Crippen LogP contribution in [0.25, 0.3) is 11.0 Å². The Morgan fingerprint density at radius 3 is 2.58 bits per heavy atom. The maximum atomic E-state index is 4.70. The van der Waals surface area contributed by atoms with Crippen molar-refractivity contribution in [3.05, 3.63) is 70.5 Å². The fourth-order valence-electron chi connectivity index (χ4n) is 2.13. The molecule has 3 rings (SSSR count). The quantitative estimate of drug-likeness (QED) is 0.694. The van der Waals surface area contributed by atoms with E-state index < -0.39 is 0 Å². The Morgan fingerprint density at radius 2 is 1.79 bits per heavy atom. The first-order chi connectivity index (χ1) is 9.24. The molecule has 1 unspecified atom stereocenters. The second-order valence-corrected chi connectivity index (χ2v) is 5.48. The maximum Gasteiger partial charge on any atom is 0.0890 e. The molecule has 0 amide bonds. The van der Waals surface area contributed by atoms with Gasteiger partial charge < -0.3 is 0 Å². The Morgan fingerprint density at radius 1 is 1.00 bits per heavy atom. The van der Waals surface area contributed by atoms with Gasteiger partial charge in [-0.05, 0) is 29.8 Å². The van der Waals surface area contributed by atoms with E-state index in [0.29, 0.717) is 0 Å². The summed E-state index contributed by atoms with van der Waals surface area (Å²) >= 11 is 3.51. The summed E-state index contributed by atoms with van der Waals surface area (Å²) in [4.78, 5) is 9.18. The van der Waals surface area contributed by atoms with Gasteiger partial charge in [0.2, 0.25) is 0 Å². The number of benzene rings is 2. The molecule has 0 saturated carbocycles. The van der Waals surface area contributed by atoms with Gasteiger partial charge in [0.1, 0.15) is 0 Å². The highest BCUT2D eigenvalue weighted by Gasteiger charge is 2.11. The minimum absolute atomic E-state index is 0.231. The highest BCUT2D eigenvalue weighted by molar-refractivity contribution is 9.10. The molecule has 1 atom stereocenters. The normalized spacial score (nSPS) is 12.5. The van der Waals surface area contributed by atoms with Crippen molar-refractivity contribution in [1.82, 2.24) is 9.97 Å². The highest BCUT2D eigenvalue weighted by Crippen LogP contribution is 2.25. The third kappa shape index (κ3) is 2.51. The summed E-state index contributed by atoms with van der Waals surface area (Å²) in [5.74, 6) is 0.231. The van der Waals surface area contributed by atoms with E-state index in [2.05, 4.69) is 40.0 Å². The van der Waals surface area contributed by atoms with Crippen molar-refractivity contribution in [1.29, 1.82) is 0 Å². The second-order valence-electron chi connectivity index (χ2n) is 4.56. The van der Waals surface area contributed by atoms with Crippen LogP contribution in [0.5, 0.6) is 0 Å². The Balaban J connectivity index is 2.04. The zero-order chi connectivity index (χ0) is 13.2. The molecule has 2 nitrogen and oxygen atoms in total. The largest absolute Gasteiger partial charge is 0.253 e. The minimum Gasteiger partial charge on any atom is -0.253 e. The van der Waals surface area contributed by atoms with Crippen molar-refractivity contribution >= 4 is 27.0 Å². The summed E-state index contributed by atoms with van der Waals surface area (Å²) in [6, 6.07) is 16.3. The molecule has 1 aromatic heterocycles. The number of rotatable bonds is 2. The molecule has 2 aromatic carbocycles. The SMILES string of the molecule is CC(c1cccc(Br)c1)c1cnc2ccccc2n1. The van der Waals surface area contributed by atoms with Crippen LogP contribution in [0.4, 0.5) is 0 Å². The molecular formula is C16H13BrN2. The van der Waals surface area contributed by atoms with Gasteiger partial charge in [-0.1, -0.05) is 47.1 Å². The third-order valence-corrected chi connectivity index (χ3v) is 3.75. The third-order valence-electron chi connectivity index (χ3n) is 3.26. The topological polar surface area (TPSA) is 25.8 Å². The van der Waals surface area contributed by atoms with Gasteiger partial charge in [0.05, 0.1) is 16.7 Å². The molecule has 0 N–H and O–H groups in total. The van der Waals surface area contributed by atoms with Gasteiger partial charge in [0, 0.05) is 16.6 Å². The van der Waals surface area contributed by atoms with Gasteiger partial charge in [-0.25, -0.2) is 4.98 Å². The second kappa shape index (κ2) is 5.10. The highest BCUT2D eigenvalue weighted by atomic mass is 79.9. The summed E-state index contributed by atoms with van der Waals surface area (Å²) in [5.41, 5.74) is 4.12. The number of aromatic nitrogens is 2. The lowest BCUT2D eigenvalue weighted by molar-refractivity contribution is 0.869. The maximum absolute atomic E-state index is 4.70. The first kappa shape index (κ1) is 12.3. The zero-order valence-electron chi connectivity index (χ0n) is 10.5. The first-order valence-electron chi connectivity index (χ1n) is 6.21. The van der Waals surface area contributed by atoms with E-state index >= 15 is 0 Å². The van der Waals surface area contributed by atoms with E-state index in [0.717, 1.165) is 21.2 Å². The number of fused-ring (bicyclic) bond motifs is 1. The van der Waals surface area contributed by atoms with Crippen molar-refractivity contribution in [2.24, 2.45) is 0 Å². The molecule has 0 saturated heterocycles. The van der Waals surface area contributed by atoms with Crippen molar-refractivity contribution in [2.45, 2.75) is 12.8 Å². The van der Waals surface area contributed by atoms with Crippen LogP contribution in [-0.2, 0) is 0 Å². The van der Waals surface area contributed by atoms with Crippen LogP contribution in [0.1, 0.15) is 24.1 Å². The smallest absolute Gasteiger partial charge is 0.0890 e. The van der Waals surface area contributed by atoms with Gasteiger partial charge in [0.25, 0.3) is 0 Å². The van der Waals surface area contributed by atoms with Gasteiger partial charge >= 0.3 is 0 Å². The molecule has 3 heteroatoms. The van der Waals surface area contributed by atoms with Crippen molar-refractivity contribution < 1.29 is 0 Å². The lowest BCUT2D eigenvalue weighted by atomic mass is 9.98. The summed E-state index contributed by atoms with van der Waals surface area (Å²) < 4.78 is 1.09. The Hall–Kier alpha value is -1.74. The average Bonchev–Trinajstić information content (AvgIpc) is 2.46. The molecule has 3 aromatic rings. The fourth-order valence-corrected chi connectivity index (χ4v) is 2.54. The van der Waals surface area contributed by atoms with E-state index in [1.54, 1.807) is 0 Å².